The van der Waals surface area contributed by atoms with Crippen molar-refractivity contribution in [3.05, 3.63) is 41.0 Å². The van der Waals surface area contributed by atoms with Crippen molar-refractivity contribution in [1.82, 2.24) is 10.5 Å². The molecule has 0 bridgehead atoms. The number of hydrogen-bond donors (Lipinski definition) is 4. The zero-order valence-corrected chi connectivity index (χ0v) is 12.7. The molecule has 5 N–H and O–H groups in total. The molecule has 0 aliphatic carbocycles. The molecule has 0 spiro atoms. The highest BCUT2D eigenvalue weighted by atomic mass is 19.4. The number of anilines is 3. The predicted octanol–water partition coefficient (Wildman–Crippen LogP) is 3.54. The maximum atomic E-state index is 12.9. The summed E-state index contributed by atoms with van der Waals surface area (Å²) in [7, 11) is 0. The summed E-state index contributed by atoms with van der Waals surface area (Å²) in [6.45, 7) is -0.537. The van der Waals surface area contributed by atoms with Gasteiger partial charge in [-0.1, -0.05) is 0 Å². The molecule has 6 nitrogen and oxygen atoms in total. The summed E-state index contributed by atoms with van der Waals surface area (Å²) < 4.78 is 82.6. The Bertz CT molecular complexity index is 804. The first kappa shape index (κ1) is 17.9. The van der Waals surface area contributed by atoms with Gasteiger partial charge in [-0.3, -0.25) is 10.9 Å². The SMILES string of the molecule is Nc1cc(OCc2cc(C(F)(F)F)cc(C(F)(F)F)c2)c2c(n1)NNN2. The monoisotopic (exact) mass is 379 g/mol. The molecule has 0 amide bonds. The van der Waals surface area contributed by atoms with Gasteiger partial charge in [0.2, 0.25) is 0 Å². The molecule has 0 atom stereocenters. The van der Waals surface area contributed by atoms with E-state index in [1.54, 1.807) is 0 Å². The molecule has 2 heterocycles. The standard InChI is InChI=1S/C14H11F6N5O/c15-13(16,17)7-1-6(2-8(3-7)14(18,19)20)5-26-9-4-10(21)22-12-11(9)23-25-24-12/h1-4,23,25H,5H2,(H3,21,22,24). The van der Waals surface area contributed by atoms with Gasteiger partial charge in [0.05, 0.1) is 11.1 Å². The van der Waals surface area contributed by atoms with Crippen LogP contribution in [0.25, 0.3) is 0 Å². The quantitative estimate of drug-likeness (QED) is 0.611. The smallest absolute Gasteiger partial charge is 0.416 e. The second-order valence-electron chi connectivity index (χ2n) is 5.35. The Morgan fingerprint density at radius 1 is 0.923 bits per heavy atom. The summed E-state index contributed by atoms with van der Waals surface area (Å²) >= 11 is 0. The number of benzene rings is 1. The average Bonchev–Trinajstić information content (AvgIpc) is 2.98. The molecule has 3 rings (SSSR count). The van der Waals surface area contributed by atoms with Gasteiger partial charge in [0.1, 0.15) is 18.1 Å². The summed E-state index contributed by atoms with van der Waals surface area (Å²) in [6.07, 6.45) is -9.85. The van der Waals surface area contributed by atoms with E-state index in [4.69, 9.17) is 10.5 Å². The van der Waals surface area contributed by atoms with Crippen molar-refractivity contribution >= 4 is 17.3 Å². The second-order valence-corrected chi connectivity index (χ2v) is 5.35. The van der Waals surface area contributed by atoms with Gasteiger partial charge in [-0.2, -0.15) is 26.3 Å². The minimum absolute atomic E-state index is 0.0526. The zero-order chi connectivity index (χ0) is 19.1. The third-order valence-electron chi connectivity index (χ3n) is 3.41. The Balaban J connectivity index is 1.91. The Morgan fingerprint density at radius 3 is 2.12 bits per heavy atom. The molecule has 26 heavy (non-hydrogen) atoms. The van der Waals surface area contributed by atoms with Gasteiger partial charge < -0.3 is 10.5 Å². The normalized spacial score (nSPS) is 13.8. The lowest BCUT2D eigenvalue weighted by molar-refractivity contribution is -0.143. The fraction of sp³-hybridized carbons (Fsp3) is 0.214. The minimum atomic E-state index is -4.92. The van der Waals surface area contributed by atoms with Crippen LogP contribution in [0.15, 0.2) is 24.3 Å². The highest BCUT2D eigenvalue weighted by Gasteiger charge is 2.37. The Labute approximate surface area is 142 Å². The molecule has 1 aromatic heterocycles. The highest BCUT2D eigenvalue weighted by molar-refractivity contribution is 5.76. The van der Waals surface area contributed by atoms with Crippen LogP contribution in [-0.2, 0) is 19.0 Å². The van der Waals surface area contributed by atoms with Crippen molar-refractivity contribution < 1.29 is 31.1 Å². The van der Waals surface area contributed by atoms with Crippen LogP contribution in [0, 0.1) is 0 Å². The molecule has 0 fully saturated rings. The van der Waals surface area contributed by atoms with Crippen molar-refractivity contribution in [2.24, 2.45) is 0 Å². The van der Waals surface area contributed by atoms with Gasteiger partial charge in [0.25, 0.3) is 0 Å². The lowest BCUT2D eigenvalue weighted by atomic mass is 10.1. The molecule has 1 aromatic carbocycles. The fourth-order valence-corrected chi connectivity index (χ4v) is 2.28. The number of nitrogens with zero attached hydrogens (tertiary/aromatic N) is 1. The third kappa shape index (κ3) is 3.69. The van der Waals surface area contributed by atoms with Gasteiger partial charge in [-0.25, -0.2) is 4.98 Å². The first-order chi connectivity index (χ1) is 12.0. The Morgan fingerprint density at radius 2 is 1.54 bits per heavy atom. The molecule has 1 aliphatic heterocycles. The molecule has 0 saturated heterocycles. The number of ether oxygens (including phenoxy) is 1. The molecular weight excluding hydrogens is 368 g/mol. The van der Waals surface area contributed by atoms with Crippen LogP contribution in [0.1, 0.15) is 16.7 Å². The number of rotatable bonds is 3. The van der Waals surface area contributed by atoms with Gasteiger partial charge in [-0.15, -0.1) is 5.53 Å². The molecule has 140 valence electrons. The van der Waals surface area contributed by atoms with Crippen molar-refractivity contribution in [3.8, 4) is 5.75 Å². The number of hydrogen-bond acceptors (Lipinski definition) is 6. The lowest BCUT2D eigenvalue weighted by Gasteiger charge is -2.15. The van der Waals surface area contributed by atoms with E-state index in [1.807, 2.05) is 0 Å². The van der Waals surface area contributed by atoms with E-state index in [2.05, 4.69) is 21.4 Å². The Kier molecular flexibility index (Phi) is 4.22. The van der Waals surface area contributed by atoms with Crippen molar-refractivity contribution in [3.63, 3.8) is 0 Å². The molecule has 0 saturated carbocycles. The van der Waals surface area contributed by atoms with Crippen LogP contribution >= 0.6 is 0 Å². The topological polar surface area (TPSA) is 84.2 Å². The average molecular weight is 379 g/mol. The van der Waals surface area contributed by atoms with Gasteiger partial charge in [0.15, 0.2) is 11.6 Å². The third-order valence-corrected chi connectivity index (χ3v) is 3.41. The summed E-state index contributed by atoms with van der Waals surface area (Å²) in [5.41, 5.74) is 10.5. The number of halogens is 6. The van der Waals surface area contributed by atoms with Crippen LogP contribution in [0.2, 0.25) is 0 Å². The maximum absolute atomic E-state index is 12.9. The molecule has 0 unspecified atom stereocenters. The van der Waals surface area contributed by atoms with E-state index in [-0.39, 0.29) is 29.0 Å². The first-order valence-electron chi connectivity index (χ1n) is 7.03. The van der Waals surface area contributed by atoms with E-state index >= 15 is 0 Å². The van der Waals surface area contributed by atoms with Crippen molar-refractivity contribution in [2.45, 2.75) is 19.0 Å². The number of alkyl halides is 6. The highest BCUT2D eigenvalue weighted by Crippen LogP contribution is 2.38. The largest absolute Gasteiger partial charge is 0.486 e. The summed E-state index contributed by atoms with van der Waals surface area (Å²) in [6, 6.07) is 2.55. The number of fused-ring (bicyclic) bond motifs is 1. The van der Waals surface area contributed by atoms with E-state index in [0.29, 0.717) is 17.8 Å². The van der Waals surface area contributed by atoms with E-state index < -0.39 is 30.1 Å². The number of nitrogens with two attached hydrogens (primary N) is 1. The zero-order valence-electron chi connectivity index (χ0n) is 12.7. The number of nitrogens with one attached hydrogen (secondary N) is 3. The van der Waals surface area contributed by atoms with E-state index in [0.717, 1.165) is 0 Å². The van der Waals surface area contributed by atoms with E-state index in [9.17, 15) is 26.3 Å². The number of pyridine rings is 1. The van der Waals surface area contributed by atoms with Crippen LogP contribution in [0.3, 0.4) is 0 Å². The summed E-state index contributed by atoms with van der Waals surface area (Å²) in [5, 5.41) is 0. The van der Waals surface area contributed by atoms with Crippen molar-refractivity contribution in [1.29, 1.82) is 0 Å². The maximum Gasteiger partial charge on any atom is 0.416 e. The number of aromatic nitrogens is 1. The second kappa shape index (κ2) is 6.12. The fourth-order valence-electron chi connectivity index (χ4n) is 2.28. The van der Waals surface area contributed by atoms with Crippen LogP contribution < -0.4 is 26.9 Å². The number of hydrazine groups is 2. The van der Waals surface area contributed by atoms with Gasteiger partial charge in [0, 0.05) is 6.07 Å². The van der Waals surface area contributed by atoms with Crippen LogP contribution in [0.4, 0.5) is 43.7 Å². The molecule has 2 aromatic rings. The summed E-state index contributed by atoms with van der Waals surface area (Å²) in [4.78, 5) is 3.93. The van der Waals surface area contributed by atoms with Crippen molar-refractivity contribution in [2.75, 3.05) is 16.6 Å². The molecular formula is C14H11F6N5O. The molecule has 0 radical (unpaired) electrons. The van der Waals surface area contributed by atoms with E-state index in [1.165, 1.54) is 6.07 Å². The van der Waals surface area contributed by atoms with Crippen LogP contribution in [0.5, 0.6) is 5.75 Å². The lowest BCUT2D eigenvalue weighted by Crippen LogP contribution is -2.19. The number of nitrogen functional groups attached to an aromatic ring is 1. The Hall–Kier alpha value is -2.89. The first-order valence-corrected chi connectivity index (χ1v) is 7.03. The molecule has 1 aliphatic rings. The van der Waals surface area contributed by atoms with Gasteiger partial charge >= 0.3 is 12.4 Å². The van der Waals surface area contributed by atoms with Crippen LogP contribution in [-0.4, -0.2) is 4.98 Å². The molecule has 12 heteroatoms. The van der Waals surface area contributed by atoms with Gasteiger partial charge in [-0.05, 0) is 23.8 Å². The minimum Gasteiger partial charge on any atom is -0.486 e. The summed E-state index contributed by atoms with van der Waals surface area (Å²) in [5.74, 6) is 0.438. The predicted molar refractivity (Wildman–Crippen MR) is 79.8 cm³/mol.